The molecule has 0 bridgehead atoms. The van der Waals surface area contributed by atoms with E-state index in [0.29, 0.717) is 0 Å². The Bertz CT molecular complexity index is 347. The van der Waals surface area contributed by atoms with E-state index < -0.39 is 5.60 Å². The monoisotopic (exact) mass is 272 g/mol. The third kappa shape index (κ3) is 2.33. The lowest BCUT2D eigenvalue weighted by Crippen LogP contribution is -2.11. The van der Waals surface area contributed by atoms with Gasteiger partial charge in [-0.25, -0.2) is 0 Å². The molecule has 1 aromatic rings. The average Bonchev–Trinajstić information content (AvgIpc) is 2.84. The van der Waals surface area contributed by atoms with Crippen molar-refractivity contribution in [2.24, 2.45) is 0 Å². The maximum atomic E-state index is 9.87. The normalized spacial score (nSPS) is 18.2. The highest BCUT2D eigenvalue weighted by Crippen LogP contribution is 2.40. The fourth-order valence-electron chi connectivity index (χ4n) is 1.56. The summed E-state index contributed by atoms with van der Waals surface area (Å²) >= 11 is 5.20. The Balaban J connectivity index is 2.25. The topological polar surface area (TPSA) is 20.2 Å². The van der Waals surface area contributed by atoms with Crippen molar-refractivity contribution in [3.63, 3.8) is 0 Å². The summed E-state index contributed by atoms with van der Waals surface area (Å²) in [5.74, 6) is 0. The second-order valence-corrected chi connectivity index (χ2v) is 5.62. The number of benzene rings is 1. The minimum absolute atomic E-state index is 0.398. The Morgan fingerprint density at radius 3 is 2.79 bits per heavy atom. The summed E-state index contributed by atoms with van der Waals surface area (Å²) in [6.07, 6.45) is 4.77. The molecule has 0 aliphatic heterocycles. The van der Waals surface area contributed by atoms with Crippen LogP contribution in [-0.2, 0) is 6.42 Å². The van der Waals surface area contributed by atoms with Crippen molar-refractivity contribution in [3.05, 3.63) is 28.2 Å². The molecule has 0 radical (unpaired) electrons. The van der Waals surface area contributed by atoms with Crippen LogP contribution in [0.4, 0.5) is 0 Å². The second-order valence-electron chi connectivity index (χ2n) is 3.86. The fraction of sp³-hybridized carbons (Fsp3) is 0.455. The summed E-state index contributed by atoms with van der Waals surface area (Å²) in [4.78, 5) is 1.27. The van der Waals surface area contributed by atoms with E-state index in [1.165, 1.54) is 10.5 Å². The molecule has 2 rings (SSSR count). The molecule has 0 atom stereocenters. The summed E-state index contributed by atoms with van der Waals surface area (Å²) < 4.78 is 1.09. The third-order valence-corrected chi connectivity index (χ3v) is 3.92. The molecule has 0 unspecified atom stereocenters. The van der Waals surface area contributed by atoms with Crippen molar-refractivity contribution in [3.8, 4) is 0 Å². The van der Waals surface area contributed by atoms with E-state index in [4.69, 9.17) is 0 Å². The Morgan fingerprint density at radius 1 is 1.50 bits per heavy atom. The summed E-state index contributed by atoms with van der Waals surface area (Å²) in [6, 6.07) is 6.27. The maximum absolute atomic E-state index is 9.87. The first-order valence-corrected chi connectivity index (χ1v) is 6.69. The number of halogens is 1. The molecular formula is C11H13BrOS. The van der Waals surface area contributed by atoms with E-state index in [1.54, 1.807) is 11.8 Å². The first-order valence-electron chi connectivity index (χ1n) is 4.68. The van der Waals surface area contributed by atoms with E-state index in [2.05, 4.69) is 34.3 Å². The van der Waals surface area contributed by atoms with Crippen LogP contribution < -0.4 is 0 Å². The smallest absolute Gasteiger partial charge is 0.0690 e. The second kappa shape index (κ2) is 3.87. The molecule has 1 fully saturated rings. The standard InChI is InChI=1S/C11H13BrOS/c1-14-10-3-2-9(12)6-8(10)7-11(13)4-5-11/h2-3,6,13H,4-5,7H2,1H3. The van der Waals surface area contributed by atoms with Crippen LogP contribution in [0.1, 0.15) is 18.4 Å². The lowest BCUT2D eigenvalue weighted by Gasteiger charge is -2.11. The van der Waals surface area contributed by atoms with Gasteiger partial charge >= 0.3 is 0 Å². The third-order valence-electron chi connectivity index (χ3n) is 2.59. The average molecular weight is 273 g/mol. The molecule has 0 aromatic heterocycles. The van der Waals surface area contributed by atoms with Gasteiger partial charge in [0.1, 0.15) is 0 Å². The lowest BCUT2D eigenvalue weighted by molar-refractivity contribution is 0.150. The highest BCUT2D eigenvalue weighted by molar-refractivity contribution is 9.10. The predicted octanol–water partition coefficient (Wildman–Crippen LogP) is 3.24. The first-order chi connectivity index (χ1) is 6.63. The first kappa shape index (κ1) is 10.5. The van der Waals surface area contributed by atoms with Crippen LogP contribution in [0.5, 0.6) is 0 Å². The Morgan fingerprint density at radius 2 is 2.21 bits per heavy atom. The zero-order valence-corrected chi connectivity index (χ0v) is 10.5. The number of thioether (sulfide) groups is 1. The summed E-state index contributed by atoms with van der Waals surface area (Å²) in [6.45, 7) is 0. The highest BCUT2D eigenvalue weighted by atomic mass is 79.9. The van der Waals surface area contributed by atoms with Crippen LogP contribution in [0.15, 0.2) is 27.6 Å². The van der Waals surface area contributed by atoms with Crippen LogP contribution in [-0.4, -0.2) is 17.0 Å². The van der Waals surface area contributed by atoms with Crippen molar-refractivity contribution in [1.82, 2.24) is 0 Å². The van der Waals surface area contributed by atoms with E-state index >= 15 is 0 Å². The molecule has 1 nitrogen and oxygen atoms in total. The van der Waals surface area contributed by atoms with Gasteiger partial charge < -0.3 is 5.11 Å². The minimum Gasteiger partial charge on any atom is -0.390 e. The van der Waals surface area contributed by atoms with Crippen molar-refractivity contribution < 1.29 is 5.11 Å². The molecular weight excluding hydrogens is 260 g/mol. The molecule has 0 spiro atoms. The van der Waals surface area contributed by atoms with E-state index in [9.17, 15) is 5.11 Å². The van der Waals surface area contributed by atoms with Crippen LogP contribution in [0, 0.1) is 0 Å². The van der Waals surface area contributed by atoms with Crippen LogP contribution in [0.2, 0.25) is 0 Å². The molecule has 3 heteroatoms. The number of rotatable bonds is 3. The van der Waals surface area contributed by atoms with Crippen LogP contribution in [0.3, 0.4) is 0 Å². The lowest BCUT2D eigenvalue weighted by atomic mass is 10.1. The van der Waals surface area contributed by atoms with Gasteiger partial charge in [0.25, 0.3) is 0 Å². The Labute approximate surface area is 97.0 Å². The molecule has 1 aromatic carbocycles. The van der Waals surface area contributed by atoms with Crippen molar-refractivity contribution in [2.45, 2.75) is 29.8 Å². The largest absolute Gasteiger partial charge is 0.390 e. The van der Waals surface area contributed by atoms with Gasteiger partial charge in [-0.2, -0.15) is 0 Å². The van der Waals surface area contributed by atoms with Gasteiger partial charge in [-0.05, 0) is 42.9 Å². The van der Waals surface area contributed by atoms with Crippen molar-refractivity contribution in [1.29, 1.82) is 0 Å². The number of hydrogen-bond acceptors (Lipinski definition) is 2. The zero-order valence-electron chi connectivity index (χ0n) is 8.09. The molecule has 0 saturated heterocycles. The van der Waals surface area contributed by atoms with Crippen LogP contribution in [0.25, 0.3) is 0 Å². The highest BCUT2D eigenvalue weighted by Gasteiger charge is 2.40. The SMILES string of the molecule is CSc1ccc(Br)cc1CC1(O)CC1. The van der Waals surface area contributed by atoms with Gasteiger partial charge in [0.15, 0.2) is 0 Å². The number of hydrogen-bond donors (Lipinski definition) is 1. The molecule has 76 valence electrons. The fourth-order valence-corrected chi connectivity index (χ4v) is 2.57. The summed E-state index contributed by atoms with van der Waals surface area (Å²) in [5.41, 5.74) is 0.859. The Kier molecular flexibility index (Phi) is 2.91. The molecule has 14 heavy (non-hydrogen) atoms. The van der Waals surface area contributed by atoms with E-state index in [0.717, 1.165) is 23.7 Å². The zero-order chi connectivity index (χ0) is 10.2. The quantitative estimate of drug-likeness (QED) is 0.853. The predicted molar refractivity (Wildman–Crippen MR) is 63.8 cm³/mol. The van der Waals surface area contributed by atoms with Gasteiger partial charge in [-0.3, -0.25) is 0 Å². The van der Waals surface area contributed by atoms with Crippen LogP contribution >= 0.6 is 27.7 Å². The molecule has 1 aliphatic carbocycles. The van der Waals surface area contributed by atoms with E-state index in [-0.39, 0.29) is 0 Å². The van der Waals surface area contributed by atoms with Crippen molar-refractivity contribution in [2.75, 3.05) is 6.26 Å². The molecule has 1 N–H and O–H groups in total. The molecule has 0 amide bonds. The summed E-state index contributed by atoms with van der Waals surface area (Å²) in [5, 5.41) is 9.87. The van der Waals surface area contributed by atoms with Gasteiger partial charge in [0.05, 0.1) is 5.60 Å². The Hall–Kier alpha value is 0.01000. The van der Waals surface area contributed by atoms with Gasteiger partial charge in [-0.15, -0.1) is 11.8 Å². The van der Waals surface area contributed by atoms with Gasteiger partial charge in [0, 0.05) is 15.8 Å². The van der Waals surface area contributed by atoms with Crippen molar-refractivity contribution >= 4 is 27.7 Å². The van der Waals surface area contributed by atoms with Gasteiger partial charge in [0.2, 0.25) is 0 Å². The summed E-state index contributed by atoms with van der Waals surface area (Å²) in [7, 11) is 0. The number of aliphatic hydroxyl groups is 1. The maximum Gasteiger partial charge on any atom is 0.0690 e. The molecule has 1 aliphatic rings. The minimum atomic E-state index is -0.398. The van der Waals surface area contributed by atoms with Gasteiger partial charge in [-0.1, -0.05) is 15.9 Å². The molecule has 1 saturated carbocycles. The molecule has 0 heterocycles. The van der Waals surface area contributed by atoms with E-state index in [1.807, 2.05) is 6.07 Å².